The largest absolute Gasteiger partial charge is 0.445 e. The lowest BCUT2D eigenvalue weighted by molar-refractivity contribution is -0.136. The quantitative estimate of drug-likeness (QED) is 0.212. The molecule has 1 aromatic heterocycles. The number of ether oxygens (including phenoxy) is 2. The molecule has 4 aromatic rings. The van der Waals surface area contributed by atoms with Crippen LogP contribution in [0.4, 0.5) is 4.79 Å². The number of carbonyl (C=O) groups is 2. The van der Waals surface area contributed by atoms with Gasteiger partial charge in [0.25, 0.3) is 0 Å². The highest BCUT2D eigenvalue weighted by atomic mass is 16.6. The highest BCUT2D eigenvalue weighted by Crippen LogP contribution is 2.28. The van der Waals surface area contributed by atoms with Gasteiger partial charge in [0.05, 0.1) is 0 Å². The number of fused-ring (bicyclic) bond motifs is 1. The second-order valence-electron chi connectivity index (χ2n) is 8.43. The molecule has 7 heteroatoms. The molecule has 184 valence electrons. The Kier molecular flexibility index (Phi) is 7.80. The Morgan fingerprint density at radius 3 is 2.28 bits per heavy atom. The molecular formula is C29H27NO6. The van der Waals surface area contributed by atoms with E-state index in [2.05, 4.69) is 5.32 Å². The molecule has 0 aliphatic rings. The lowest BCUT2D eigenvalue weighted by Crippen LogP contribution is -2.44. The fraction of sp³-hybridized carbons (Fsp3) is 0.207. The number of hydrogen-bond donors (Lipinski definition) is 1. The first-order valence-electron chi connectivity index (χ1n) is 11.7. The smallest absolute Gasteiger partial charge is 0.408 e. The summed E-state index contributed by atoms with van der Waals surface area (Å²) in [7, 11) is 0. The van der Waals surface area contributed by atoms with E-state index in [9.17, 15) is 14.4 Å². The van der Waals surface area contributed by atoms with Crippen LogP contribution in [0.3, 0.4) is 0 Å². The first kappa shape index (κ1) is 24.7. The fourth-order valence-electron chi connectivity index (χ4n) is 3.89. The third-order valence-electron chi connectivity index (χ3n) is 5.80. The number of esters is 1. The van der Waals surface area contributed by atoms with Gasteiger partial charge >= 0.3 is 17.7 Å². The zero-order chi connectivity index (χ0) is 25.5. The molecule has 1 heterocycles. The van der Waals surface area contributed by atoms with E-state index in [1.807, 2.05) is 80.6 Å². The maximum absolute atomic E-state index is 13.3. The molecule has 1 amide bonds. The molecule has 1 atom stereocenters. The topological polar surface area (TPSA) is 94.8 Å². The molecule has 0 bridgehead atoms. The first-order chi connectivity index (χ1) is 17.4. The van der Waals surface area contributed by atoms with Crippen LogP contribution in [-0.4, -0.2) is 18.1 Å². The summed E-state index contributed by atoms with van der Waals surface area (Å²) in [4.78, 5) is 37.7. The van der Waals surface area contributed by atoms with Crippen LogP contribution in [0.2, 0.25) is 0 Å². The van der Waals surface area contributed by atoms with Crippen LogP contribution >= 0.6 is 0 Å². The number of amides is 1. The van der Waals surface area contributed by atoms with Crippen molar-refractivity contribution in [1.29, 1.82) is 0 Å². The van der Waals surface area contributed by atoms with Crippen LogP contribution in [0.15, 0.2) is 88.1 Å². The molecule has 0 fully saturated rings. The molecule has 36 heavy (non-hydrogen) atoms. The zero-order valence-corrected chi connectivity index (χ0v) is 20.2. The van der Waals surface area contributed by atoms with Crippen molar-refractivity contribution in [3.05, 3.63) is 112 Å². The summed E-state index contributed by atoms with van der Waals surface area (Å²) in [6.07, 6.45) is 0.0729. The molecule has 1 N–H and O–H groups in total. The molecule has 3 aromatic carbocycles. The monoisotopic (exact) mass is 485 g/mol. The summed E-state index contributed by atoms with van der Waals surface area (Å²) in [5, 5.41) is 3.41. The average molecular weight is 486 g/mol. The third-order valence-corrected chi connectivity index (χ3v) is 5.80. The third kappa shape index (κ3) is 6.18. The van der Waals surface area contributed by atoms with Crippen molar-refractivity contribution in [3.8, 4) is 5.75 Å². The summed E-state index contributed by atoms with van der Waals surface area (Å²) in [5.74, 6) is -0.374. The number of carbonyl (C=O) groups excluding carboxylic acids is 2. The van der Waals surface area contributed by atoms with Crippen LogP contribution in [-0.2, 0) is 29.0 Å². The number of benzene rings is 3. The molecule has 7 nitrogen and oxygen atoms in total. The van der Waals surface area contributed by atoms with E-state index >= 15 is 0 Å². The van der Waals surface area contributed by atoms with Crippen LogP contribution < -0.4 is 15.7 Å². The Bertz CT molecular complexity index is 1410. The van der Waals surface area contributed by atoms with Gasteiger partial charge in [-0.05, 0) is 41.7 Å². The van der Waals surface area contributed by atoms with Crippen molar-refractivity contribution in [2.45, 2.75) is 39.3 Å². The van der Waals surface area contributed by atoms with Gasteiger partial charge in [0.1, 0.15) is 24.0 Å². The predicted octanol–water partition coefficient (Wildman–Crippen LogP) is 5.11. The van der Waals surface area contributed by atoms with Crippen molar-refractivity contribution in [2.75, 3.05) is 0 Å². The molecule has 0 saturated heterocycles. The molecule has 0 spiro atoms. The van der Waals surface area contributed by atoms with E-state index in [0.717, 1.165) is 27.6 Å². The number of aryl methyl sites for hydroxylation is 2. The summed E-state index contributed by atoms with van der Waals surface area (Å²) in [5.41, 5.74) is 3.08. The minimum absolute atomic E-state index is 0.0722. The van der Waals surface area contributed by atoms with Gasteiger partial charge in [-0.2, -0.15) is 0 Å². The molecular weight excluding hydrogens is 458 g/mol. The van der Waals surface area contributed by atoms with E-state index in [0.29, 0.717) is 12.0 Å². The maximum Gasteiger partial charge on any atom is 0.408 e. The van der Waals surface area contributed by atoms with Crippen molar-refractivity contribution >= 4 is 23.0 Å². The van der Waals surface area contributed by atoms with E-state index in [1.54, 1.807) is 6.07 Å². The number of nitrogens with one attached hydrogen (secondary N) is 1. The molecule has 0 radical (unpaired) electrons. The summed E-state index contributed by atoms with van der Waals surface area (Å²) in [6, 6.07) is 22.4. The van der Waals surface area contributed by atoms with Crippen LogP contribution in [0.1, 0.15) is 29.2 Å². The second-order valence-corrected chi connectivity index (χ2v) is 8.43. The number of rotatable bonds is 8. The van der Waals surface area contributed by atoms with Gasteiger partial charge in [0.2, 0.25) is 0 Å². The Balaban J connectivity index is 1.56. The Labute approximate surface area is 208 Å². The van der Waals surface area contributed by atoms with Crippen LogP contribution in [0.25, 0.3) is 11.0 Å². The second kappa shape index (κ2) is 11.4. The minimum atomic E-state index is -0.999. The summed E-state index contributed by atoms with van der Waals surface area (Å²) < 4.78 is 16.4. The van der Waals surface area contributed by atoms with Gasteiger partial charge in [-0.25, -0.2) is 14.4 Å². The Morgan fingerprint density at radius 1 is 0.944 bits per heavy atom. The number of alkyl carbamates (subject to hydrolysis) is 1. The van der Waals surface area contributed by atoms with Crippen molar-refractivity contribution in [1.82, 2.24) is 5.32 Å². The molecule has 0 aliphatic heterocycles. The van der Waals surface area contributed by atoms with Crippen molar-refractivity contribution in [3.63, 3.8) is 0 Å². The van der Waals surface area contributed by atoms with Gasteiger partial charge in [0, 0.05) is 23.9 Å². The summed E-state index contributed by atoms with van der Waals surface area (Å²) in [6.45, 7) is 3.83. The van der Waals surface area contributed by atoms with Gasteiger partial charge in [0.15, 0.2) is 0 Å². The van der Waals surface area contributed by atoms with Crippen LogP contribution in [0.5, 0.6) is 5.75 Å². The lowest BCUT2D eigenvalue weighted by Gasteiger charge is -2.19. The van der Waals surface area contributed by atoms with E-state index in [-0.39, 0.29) is 18.8 Å². The highest BCUT2D eigenvalue weighted by Gasteiger charge is 2.25. The van der Waals surface area contributed by atoms with Crippen LogP contribution in [0, 0.1) is 6.92 Å². The van der Waals surface area contributed by atoms with E-state index < -0.39 is 23.7 Å². The van der Waals surface area contributed by atoms with Crippen molar-refractivity contribution in [2.24, 2.45) is 0 Å². The first-order valence-corrected chi connectivity index (χ1v) is 11.7. The summed E-state index contributed by atoms with van der Waals surface area (Å²) >= 11 is 0. The zero-order valence-electron chi connectivity index (χ0n) is 20.2. The molecule has 4 rings (SSSR count). The maximum atomic E-state index is 13.3. The molecule has 0 saturated carbocycles. The number of hydrogen-bond acceptors (Lipinski definition) is 6. The Morgan fingerprint density at radius 2 is 1.61 bits per heavy atom. The van der Waals surface area contributed by atoms with Gasteiger partial charge < -0.3 is 19.2 Å². The van der Waals surface area contributed by atoms with E-state index in [1.165, 1.54) is 6.07 Å². The predicted molar refractivity (Wildman–Crippen MR) is 136 cm³/mol. The fourth-order valence-corrected chi connectivity index (χ4v) is 3.89. The average Bonchev–Trinajstić information content (AvgIpc) is 2.88. The molecule has 0 unspecified atom stereocenters. The lowest BCUT2D eigenvalue weighted by atomic mass is 10.0. The van der Waals surface area contributed by atoms with Gasteiger partial charge in [-0.1, -0.05) is 67.6 Å². The van der Waals surface area contributed by atoms with Gasteiger partial charge in [-0.15, -0.1) is 0 Å². The highest BCUT2D eigenvalue weighted by molar-refractivity contribution is 5.86. The minimum Gasteiger partial charge on any atom is -0.445 e. The van der Waals surface area contributed by atoms with E-state index in [4.69, 9.17) is 13.9 Å². The Hall–Kier alpha value is -4.39. The van der Waals surface area contributed by atoms with Gasteiger partial charge in [-0.3, -0.25) is 0 Å². The van der Waals surface area contributed by atoms with Crippen molar-refractivity contribution < 1.29 is 23.5 Å². The SMILES string of the molecule is CCc1cc2c(C)cc(=O)oc2cc1OC(=O)[C@H](Cc1ccccc1)NC(=O)OCc1ccccc1. The standard InChI is InChI=1S/C29H27NO6/c1-3-22-16-23-19(2)14-27(31)35-26(23)17-25(22)36-28(32)24(15-20-10-6-4-7-11-20)30-29(33)34-18-21-12-8-5-9-13-21/h4-14,16-17,24H,3,15,18H2,1-2H3,(H,30,33)/t24-/m0/s1. The molecule has 0 aliphatic carbocycles. The normalized spacial score (nSPS) is 11.6.